The molecule has 2 atom stereocenters. The van der Waals surface area contributed by atoms with E-state index in [0.717, 1.165) is 19.6 Å². The van der Waals surface area contributed by atoms with Crippen LogP contribution in [0.4, 0.5) is 0 Å². The van der Waals surface area contributed by atoms with Crippen molar-refractivity contribution in [3.8, 4) is 0 Å². The number of aryl methyl sites for hydroxylation is 1. The Morgan fingerprint density at radius 3 is 2.76 bits per heavy atom. The van der Waals surface area contributed by atoms with Gasteiger partial charge in [-0.05, 0) is 45.2 Å². The van der Waals surface area contributed by atoms with Gasteiger partial charge in [-0.3, -0.25) is 0 Å². The Bertz CT molecular complexity index is 327. The monoisotopic (exact) mass is 233 g/mol. The molecule has 1 aliphatic rings. The lowest BCUT2D eigenvalue weighted by atomic mass is 10.1. The zero-order valence-corrected chi connectivity index (χ0v) is 10.9. The summed E-state index contributed by atoms with van der Waals surface area (Å²) in [5.41, 5.74) is 2.68. The standard InChI is InChI=1S/C15H23NO/c1-12-5-7-14(8-6-12)13(2)16-10-9-15-4-3-11-17-15/h5-8,13,15-16H,3-4,9-11H2,1-2H3/t13-,15?/m0/s1. The van der Waals surface area contributed by atoms with Crippen LogP contribution in [0, 0.1) is 6.92 Å². The van der Waals surface area contributed by atoms with Crippen LogP contribution in [0.2, 0.25) is 0 Å². The third-order valence-electron chi connectivity index (χ3n) is 3.52. The summed E-state index contributed by atoms with van der Waals surface area (Å²) in [6.07, 6.45) is 4.10. The molecule has 2 heteroatoms. The van der Waals surface area contributed by atoms with E-state index >= 15 is 0 Å². The SMILES string of the molecule is Cc1ccc([C@H](C)NCCC2CCCO2)cc1. The first-order valence-corrected chi connectivity index (χ1v) is 6.67. The molecule has 1 aromatic carbocycles. The summed E-state index contributed by atoms with van der Waals surface area (Å²) in [5, 5.41) is 3.57. The zero-order valence-electron chi connectivity index (χ0n) is 10.9. The average molecular weight is 233 g/mol. The highest BCUT2D eigenvalue weighted by Gasteiger charge is 2.15. The van der Waals surface area contributed by atoms with E-state index in [1.807, 2.05) is 0 Å². The molecule has 1 fully saturated rings. The Labute approximate surface area is 104 Å². The van der Waals surface area contributed by atoms with Crippen molar-refractivity contribution in [2.75, 3.05) is 13.2 Å². The second-order valence-corrected chi connectivity index (χ2v) is 5.01. The minimum atomic E-state index is 0.428. The van der Waals surface area contributed by atoms with Gasteiger partial charge in [-0.2, -0.15) is 0 Å². The Morgan fingerprint density at radius 2 is 2.12 bits per heavy atom. The van der Waals surface area contributed by atoms with Crippen molar-refractivity contribution in [2.24, 2.45) is 0 Å². The fourth-order valence-electron chi connectivity index (χ4n) is 2.31. The molecule has 1 saturated heterocycles. The van der Waals surface area contributed by atoms with E-state index in [9.17, 15) is 0 Å². The molecular weight excluding hydrogens is 210 g/mol. The van der Waals surface area contributed by atoms with Crippen molar-refractivity contribution < 1.29 is 4.74 Å². The summed E-state index contributed by atoms with van der Waals surface area (Å²) in [7, 11) is 0. The van der Waals surface area contributed by atoms with Crippen LogP contribution in [-0.2, 0) is 4.74 Å². The van der Waals surface area contributed by atoms with Crippen LogP contribution in [0.15, 0.2) is 24.3 Å². The first-order valence-electron chi connectivity index (χ1n) is 6.67. The number of nitrogens with one attached hydrogen (secondary N) is 1. The molecule has 1 N–H and O–H groups in total. The topological polar surface area (TPSA) is 21.3 Å². The van der Waals surface area contributed by atoms with Crippen molar-refractivity contribution in [3.63, 3.8) is 0 Å². The Hall–Kier alpha value is -0.860. The summed E-state index contributed by atoms with van der Waals surface area (Å²) in [6.45, 7) is 6.34. The highest BCUT2D eigenvalue weighted by atomic mass is 16.5. The van der Waals surface area contributed by atoms with Crippen LogP contribution in [0.3, 0.4) is 0 Å². The number of hydrogen-bond acceptors (Lipinski definition) is 2. The van der Waals surface area contributed by atoms with Crippen LogP contribution in [0.1, 0.15) is 43.4 Å². The van der Waals surface area contributed by atoms with Gasteiger partial charge in [-0.25, -0.2) is 0 Å². The van der Waals surface area contributed by atoms with Crippen molar-refractivity contribution in [3.05, 3.63) is 35.4 Å². The molecule has 0 saturated carbocycles. The van der Waals surface area contributed by atoms with Gasteiger partial charge in [-0.1, -0.05) is 29.8 Å². The van der Waals surface area contributed by atoms with Gasteiger partial charge in [0.25, 0.3) is 0 Å². The van der Waals surface area contributed by atoms with E-state index in [2.05, 4.69) is 43.4 Å². The summed E-state index contributed by atoms with van der Waals surface area (Å²) in [4.78, 5) is 0. The molecule has 0 aromatic heterocycles. The van der Waals surface area contributed by atoms with Crippen LogP contribution in [-0.4, -0.2) is 19.3 Å². The van der Waals surface area contributed by atoms with Gasteiger partial charge in [0.2, 0.25) is 0 Å². The summed E-state index contributed by atoms with van der Waals surface area (Å²) < 4.78 is 5.62. The number of benzene rings is 1. The fraction of sp³-hybridized carbons (Fsp3) is 0.600. The van der Waals surface area contributed by atoms with Crippen molar-refractivity contribution in [1.29, 1.82) is 0 Å². The van der Waals surface area contributed by atoms with E-state index in [1.165, 1.54) is 24.0 Å². The Kier molecular flexibility index (Phi) is 4.57. The maximum absolute atomic E-state index is 5.62. The molecule has 0 radical (unpaired) electrons. The normalized spacial score (nSPS) is 21.6. The molecule has 1 heterocycles. The third kappa shape index (κ3) is 3.83. The second-order valence-electron chi connectivity index (χ2n) is 5.01. The predicted octanol–water partition coefficient (Wildman–Crippen LogP) is 3.21. The molecule has 94 valence electrons. The lowest BCUT2D eigenvalue weighted by Gasteiger charge is -2.16. The molecule has 0 spiro atoms. The minimum absolute atomic E-state index is 0.428. The molecule has 1 aliphatic heterocycles. The molecule has 0 bridgehead atoms. The van der Waals surface area contributed by atoms with Gasteiger partial charge in [0, 0.05) is 12.6 Å². The zero-order chi connectivity index (χ0) is 12.1. The van der Waals surface area contributed by atoms with Gasteiger partial charge in [0.15, 0.2) is 0 Å². The largest absolute Gasteiger partial charge is 0.378 e. The highest BCUT2D eigenvalue weighted by Crippen LogP contribution is 2.16. The molecule has 2 rings (SSSR count). The molecule has 17 heavy (non-hydrogen) atoms. The maximum atomic E-state index is 5.62. The summed E-state index contributed by atoms with van der Waals surface area (Å²) >= 11 is 0. The van der Waals surface area contributed by atoms with E-state index in [0.29, 0.717) is 12.1 Å². The molecule has 0 aliphatic carbocycles. The third-order valence-corrected chi connectivity index (χ3v) is 3.52. The maximum Gasteiger partial charge on any atom is 0.0588 e. The number of hydrogen-bond donors (Lipinski definition) is 1. The van der Waals surface area contributed by atoms with Crippen molar-refractivity contribution >= 4 is 0 Å². The van der Waals surface area contributed by atoms with E-state index < -0.39 is 0 Å². The van der Waals surface area contributed by atoms with Crippen molar-refractivity contribution in [2.45, 2.75) is 45.3 Å². The van der Waals surface area contributed by atoms with Gasteiger partial charge >= 0.3 is 0 Å². The van der Waals surface area contributed by atoms with Crippen LogP contribution in [0.5, 0.6) is 0 Å². The first kappa shape index (κ1) is 12.6. The molecule has 1 aromatic rings. The summed E-state index contributed by atoms with van der Waals surface area (Å²) in [6, 6.07) is 9.19. The van der Waals surface area contributed by atoms with Crippen molar-refractivity contribution in [1.82, 2.24) is 5.32 Å². The predicted molar refractivity (Wildman–Crippen MR) is 71.2 cm³/mol. The summed E-state index contributed by atoms with van der Waals surface area (Å²) in [5.74, 6) is 0. The average Bonchev–Trinajstić information content (AvgIpc) is 2.83. The molecular formula is C15H23NO. The lowest BCUT2D eigenvalue weighted by molar-refractivity contribution is 0.103. The Balaban J connectivity index is 1.72. The second kappa shape index (κ2) is 6.18. The van der Waals surface area contributed by atoms with Crippen LogP contribution in [0.25, 0.3) is 0 Å². The first-order chi connectivity index (χ1) is 8.25. The number of ether oxygens (including phenoxy) is 1. The smallest absolute Gasteiger partial charge is 0.0588 e. The van der Waals surface area contributed by atoms with E-state index in [-0.39, 0.29) is 0 Å². The van der Waals surface area contributed by atoms with Crippen LogP contribution >= 0.6 is 0 Å². The van der Waals surface area contributed by atoms with E-state index in [4.69, 9.17) is 4.74 Å². The quantitative estimate of drug-likeness (QED) is 0.843. The van der Waals surface area contributed by atoms with Gasteiger partial charge < -0.3 is 10.1 Å². The van der Waals surface area contributed by atoms with Crippen LogP contribution < -0.4 is 5.32 Å². The Morgan fingerprint density at radius 1 is 1.35 bits per heavy atom. The lowest BCUT2D eigenvalue weighted by Crippen LogP contribution is -2.23. The van der Waals surface area contributed by atoms with Gasteiger partial charge in [-0.15, -0.1) is 0 Å². The van der Waals surface area contributed by atoms with Gasteiger partial charge in [0.1, 0.15) is 0 Å². The fourth-order valence-corrected chi connectivity index (χ4v) is 2.31. The minimum Gasteiger partial charge on any atom is -0.378 e. The molecule has 0 amide bonds. The molecule has 2 nitrogen and oxygen atoms in total. The van der Waals surface area contributed by atoms with Gasteiger partial charge in [0.05, 0.1) is 6.10 Å². The van der Waals surface area contributed by atoms with E-state index in [1.54, 1.807) is 0 Å². The highest BCUT2D eigenvalue weighted by molar-refractivity contribution is 5.23. The molecule has 1 unspecified atom stereocenters. The number of rotatable bonds is 5.